The lowest BCUT2D eigenvalue weighted by molar-refractivity contribution is -0.123. The van der Waals surface area contributed by atoms with Gasteiger partial charge in [0.25, 0.3) is 0 Å². The van der Waals surface area contributed by atoms with E-state index in [1.54, 1.807) is 0 Å². The molecule has 1 atom stereocenters. The summed E-state index contributed by atoms with van der Waals surface area (Å²) in [7, 11) is 1.94. The SMILES string of the molecule is CNC1(CC(=O)NC(C)CC#N)CCCCC1. The second-order valence-corrected chi connectivity index (χ2v) is 5.10. The Balaban J connectivity index is 2.45. The molecule has 0 heterocycles. The highest BCUT2D eigenvalue weighted by Crippen LogP contribution is 2.30. The number of nitriles is 1. The molecule has 0 radical (unpaired) electrons. The van der Waals surface area contributed by atoms with Gasteiger partial charge >= 0.3 is 0 Å². The molecular formula is C13H23N3O. The quantitative estimate of drug-likeness (QED) is 0.765. The lowest BCUT2D eigenvalue weighted by atomic mass is 9.79. The summed E-state index contributed by atoms with van der Waals surface area (Å²) in [6.45, 7) is 1.87. The van der Waals surface area contributed by atoms with Crippen LogP contribution in [0.3, 0.4) is 0 Å². The average Bonchev–Trinajstić information content (AvgIpc) is 2.30. The Labute approximate surface area is 104 Å². The maximum absolute atomic E-state index is 11.9. The Kier molecular flexibility index (Phi) is 5.43. The maximum Gasteiger partial charge on any atom is 0.222 e. The fraction of sp³-hybridized carbons (Fsp3) is 0.846. The minimum Gasteiger partial charge on any atom is -0.353 e. The van der Waals surface area contributed by atoms with Gasteiger partial charge in [0.2, 0.25) is 5.91 Å². The van der Waals surface area contributed by atoms with E-state index in [0.29, 0.717) is 12.8 Å². The molecule has 0 aromatic carbocycles. The third-order valence-corrected chi connectivity index (χ3v) is 3.64. The van der Waals surface area contributed by atoms with Crippen LogP contribution in [0.25, 0.3) is 0 Å². The third kappa shape index (κ3) is 4.35. The van der Waals surface area contributed by atoms with Crippen molar-refractivity contribution in [1.82, 2.24) is 10.6 Å². The van der Waals surface area contributed by atoms with Crippen LogP contribution >= 0.6 is 0 Å². The fourth-order valence-corrected chi connectivity index (χ4v) is 2.56. The van der Waals surface area contributed by atoms with Crippen LogP contribution < -0.4 is 10.6 Å². The summed E-state index contributed by atoms with van der Waals surface area (Å²) >= 11 is 0. The molecular weight excluding hydrogens is 214 g/mol. The molecule has 1 unspecified atom stereocenters. The normalized spacial score (nSPS) is 20.3. The first kappa shape index (κ1) is 14.0. The van der Waals surface area contributed by atoms with E-state index in [4.69, 9.17) is 5.26 Å². The number of amides is 1. The highest BCUT2D eigenvalue weighted by molar-refractivity contribution is 5.77. The van der Waals surface area contributed by atoms with E-state index in [1.165, 1.54) is 19.3 Å². The van der Waals surface area contributed by atoms with Crippen molar-refractivity contribution in [3.63, 3.8) is 0 Å². The number of rotatable bonds is 5. The van der Waals surface area contributed by atoms with Crippen molar-refractivity contribution >= 4 is 5.91 Å². The Bertz CT molecular complexity index is 290. The third-order valence-electron chi connectivity index (χ3n) is 3.64. The maximum atomic E-state index is 11.9. The number of hydrogen-bond acceptors (Lipinski definition) is 3. The van der Waals surface area contributed by atoms with Crippen molar-refractivity contribution < 1.29 is 4.79 Å². The molecule has 0 bridgehead atoms. The molecule has 1 fully saturated rings. The lowest BCUT2D eigenvalue weighted by Crippen LogP contribution is -2.49. The van der Waals surface area contributed by atoms with Gasteiger partial charge in [0.05, 0.1) is 12.5 Å². The van der Waals surface area contributed by atoms with E-state index in [9.17, 15) is 4.79 Å². The van der Waals surface area contributed by atoms with Crippen LogP contribution in [0.15, 0.2) is 0 Å². The van der Waals surface area contributed by atoms with Crippen LogP contribution in [-0.2, 0) is 4.79 Å². The largest absolute Gasteiger partial charge is 0.353 e. The zero-order valence-electron chi connectivity index (χ0n) is 10.9. The van der Waals surface area contributed by atoms with Crippen molar-refractivity contribution in [2.75, 3.05) is 7.05 Å². The smallest absolute Gasteiger partial charge is 0.222 e. The van der Waals surface area contributed by atoms with E-state index in [-0.39, 0.29) is 17.5 Å². The van der Waals surface area contributed by atoms with Gasteiger partial charge in [-0.15, -0.1) is 0 Å². The van der Waals surface area contributed by atoms with Gasteiger partial charge in [-0.25, -0.2) is 0 Å². The molecule has 0 aliphatic heterocycles. The molecule has 0 aromatic heterocycles. The number of hydrogen-bond donors (Lipinski definition) is 2. The van der Waals surface area contributed by atoms with E-state index in [1.807, 2.05) is 14.0 Å². The van der Waals surface area contributed by atoms with E-state index >= 15 is 0 Å². The first-order chi connectivity index (χ1) is 8.12. The van der Waals surface area contributed by atoms with Gasteiger partial charge in [-0.1, -0.05) is 19.3 Å². The van der Waals surface area contributed by atoms with Gasteiger partial charge in [0.1, 0.15) is 0 Å². The molecule has 1 aliphatic rings. The van der Waals surface area contributed by atoms with Crippen molar-refractivity contribution in [2.24, 2.45) is 0 Å². The number of carbonyl (C=O) groups is 1. The molecule has 1 saturated carbocycles. The Morgan fingerprint density at radius 2 is 2.06 bits per heavy atom. The number of nitrogens with one attached hydrogen (secondary N) is 2. The summed E-state index contributed by atoms with van der Waals surface area (Å²) in [5.41, 5.74) is -0.0192. The second kappa shape index (κ2) is 6.61. The van der Waals surface area contributed by atoms with Gasteiger partial charge in [0, 0.05) is 18.0 Å². The molecule has 1 amide bonds. The first-order valence-electron chi connectivity index (χ1n) is 6.47. The van der Waals surface area contributed by atoms with Crippen LogP contribution in [0.2, 0.25) is 0 Å². The standard InChI is InChI=1S/C13H23N3O/c1-11(6-9-14)16-12(17)10-13(15-2)7-4-3-5-8-13/h11,15H,3-8,10H2,1-2H3,(H,16,17). The van der Waals surface area contributed by atoms with Gasteiger partial charge < -0.3 is 10.6 Å². The Hall–Kier alpha value is -1.08. The molecule has 1 rings (SSSR count). The number of carbonyl (C=O) groups excluding carboxylic acids is 1. The second-order valence-electron chi connectivity index (χ2n) is 5.10. The predicted molar refractivity (Wildman–Crippen MR) is 67.3 cm³/mol. The van der Waals surface area contributed by atoms with Crippen LogP contribution in [0.4, 0.5) is 0 Å². The summed E-state index contributed by atoms with van der Waals surface area (Å²) in [4.78, 5) is 11.9. The van der Waals surface area contributed by atoms with Crippen molar-refractivity contribution in [3.8, 4) is 6.07 Å². The summed E-state index contributed by atoms with van der Waals surface area (Å²) in [5.74, 6) is 0.0593. The highest BCUT2D eigenvalue weighted by Gasteiger charge is 2.32. The summed E-state index contributed by atoms with van der Waals surface area (Å²) in [5, 5.41) is 14.8. The molecule has 0 spiro atoms. The zero-order chi connectivity index (χ0) is 12.7. The van der Waals surface area contributed by atoms with Gasteiger partial charge in [0.15, 0.2) is 0 Å². The van der Waals surface area contributed by atoms with E-state index in [0.717, 1.165) is 12.8 Å². The molecule has 4 nitrogen and oxygen atoms in total. The minimum atomic E-state index is -0.0509. The molecule has 0 aromatic rings. The van der Waals surface area contributed by atoms with E-state index in [2.05, 4.69) is 16.7 Å². The lowest BCUT2D eigenvalue weighted by Gasteiger charge is -2.36. The molecule has 2 N–H and O–H groups in total. The van der Waals surface area contributed by atoms with Crippen molar-refractivity contribution in [3.05, 3.63) is 0 Å². The first-order valence-corrected chi connectivity index (χ1v) is 6.47. The zero-order valence-corrected chi connectivity index (χ0v) is 10.9. The van der Waals surface area contributed by atoms with Crippen LogP contribution in [0.5, 0.6) is 0 Å². The fourth-order valence-electron chi connectivity index (χ4n) is 2.56. The van der Waals surface area contributed by atoms with E-state index < -0.39 is 0 Å². The average molecular weight is 237 g/mol. The van der Waals surface area contributed by atoms with Gasteiger partial charge in [-0.05, 0) is 26.8 Å². The highest BCUT2D eigenvalue weighted by atomic mass is 16.1. The predicted octanol–water partition coefficient (Wildman–Crippen LogP) is 1.72. The molecule has 17 heavy (non-hydrogen) atoms. The number of nitrogens with zero attached hydrogens (tertiary/aromatic N) is 1. The summed E-state index contributed by atoms with van der Waals surface area (Å²) in [6.07, 6.45) is 6.71. The molecule has 4 heteroatoms. The molecule has 0 saturated heterocycles. The van der Waals surface area contributed by atoms with Crippen LogP contribution in [0, 0.1) is 11.3 Å². The van der Waals surface area contributed by atoms with Crippen molar-refractivity contribution in [1.29, 1.82) is 5.26 Å². The summed E-state index contributed by atoms with van der Waals surface area (Å²) in [6, 6.07) is 2.02. The Morgan fingerprint density at radius 1 is 1.41 bits per heavy atom. The Morgan fingerprint density at radius 3 is 2.59 bits per heavy atom. The molecule has 96 valence electrons. The summed E-state index contributed by atoms with van der Waals surface area (Å²) < 4.78 is 0. The minimum absolute atomic E-state index is 0.0192. The topological polar surface area (TPSA) is 64.9 Å². The van der Waals surface area contributed by atoms with Crippen molar-refractivity contribution in [2.45, 2.75) is 63.5 Å². The van der Waals surface area contributed by atoms with Gasteiger partial charge in [-0.2, -0.15) is 5.26 Å². The van der Waals surface area contributed by atoms with Crippen LogP contribution in [0.1, 0.15) is 51.9 Å². The monoisotopic (exact) mass is 237 g/mol. The van der Waals surface area contributed by atoms with Gasteiger partial charge in [-0.3, -0.25) is 4.79 Å². The molecule has 1 aliphatic carbocycles. The van der Waals surface area contributed by atoms with Crippen LogP contribution in [-0.4, -0.2) is 24.5 Å².